The number of rotatable bonds is 1. The van der Waals surface area contributed by atoms with E-state index in [1.807, 2.05) is 18.2 Å². The van der Waals surface area contributed by atoms with E-state index in [-0.39, 0.29) is 0 Å². The molecule has 2 heteroatoms. The first-order chi connectivity index (χ1) is 9.92. The Morgan fingerprint density at radius 3 is 2.50 bits per heavy atom. The fraction of sp³-hybridized carbons (Fsp3) is 0.0556. The third-order valence-electron chi connectivity index (χ3n) is 3.71. The second-order valence-corrected chi connectivity index (χ2v) is 4.98. The topological polar surface area (TPSA) is 24.4 Å². The minimum Gasteiger partial charge on any atom is -0.339 e. The van der Waals surface area contributed by atoms with Crippen LogP contribution in [-0.4, -0.2) is 5.84 Å². The minimum atomic E-state index is 0.734. The number of hydrogen-bond donors (Lipinski definition) is 1. The number of benzene rings is 3. The van der Waals surface area contributed by atoms with Crippen LogP contribution in [0.2, 0.25) is 0 Å². The number of anilines is 1. The van der Waals surface area contributed by atoms with Gasteiger partial charge in [0.15, 0.2) is 0 Å². The molecule has 0 aliphatic carbocycles. The Morgan fingerprint density at radius 2 is 1.60 bits per heavy atom. The smallest absolute Gasteiger partial charge is 0.133 e. The van der Waals surface area contributed by atoms with Crippen molar-refractivity contribution in [3.63, 3.8) is 0 Å². The van der Waals surface area contributed by atoms with Crippen LogP contribution in [0, 0.1) is 0 Å². The highest BCUT2D eigenvalue weighted by atomic mass is 15.0. The van der Waals surface area contributed by atoms with Crippen LogP contribution in [-0.2, 0) is 6.54 Å². The maximum absolute atomic E-state index is 4.65. The molecule has 4 rings (SSSR count). The first kappa shape index (κ1) is 11.2. The van der Waals surface area contributed by atoms with Crippen LogP contribution >= 0.6 is 0 Å². The van der Waals surface area contributed by atoms with Gasteiger partial charge in [-0.25, -0.2) is 0 Å². The second-order valence-electron chi connectivity index (χ2n) is 4.98. The molecular weight excluding hydrogens is 244 g/mol. The normalized spacial score (nSPS) is 13.5. The van der Waals surface area contributed by atoms with Crippen LogP contribution in [0.5, 0.6) is 0 Å². The van der Waals surface area contributed by atoms with Crippen molar-refractivity contribution in [1.82, 2.24) is 0 Å². The van der Waals surface area contributed by atoms with E-state index in [9.17, 15) is 0 Å². The lowest BCUT2D eigenvalue weighted by atomic mass is 10.0. The van der Waals surface area contributed by atoms with Crippen molar-refractivity contribution in [3.8, 4) is 0 Å². The molecule has 1 aliphatic heterocycles. The third kappa shape index (κ3) is 1.77. The number of fused-ring (bicyclic) bond motifs is 3. The lowest BCUT2D eigenvalue weighted by Crippen LogP contribution is -2.19. The van der Waals surface area contributed by atoms with Crippen LogP contribution in [0.25, 0.3) is 10.8 Å². The summed E-state index contributed by atoms with van der Waals surface area (Å²) < 4.78 is 0. The summed E-state index contributed by atoms with van der Waals surface area (Å²) in [6.45, 7) is 0.734. The van der Waals surface area contributed by atoms with Crippen molar-refractivity contribution in [3.05, 3.63) is 77.9 Å². The van der Waals surface area contributed by atoms with E-state index in [1.165, 1.54) is 22.0 Å². The number of hydrogen-bond acceptors (Lipinski definition) is 2. The molecule has 0 bridgehead atoms. The van der Waals surface area contributed by atoms with Gasteiger partial charge in [0.05, 0.1) is 12.2 Å². The van der Waals surface area contributed by atoms with Crippen LogP contribution < -0.4 is 5.32 Å². The van der Waals surface area contributed by atoms with Gasteiger partial charge in [-0.1, -0.05) is 66.7 Å². The third-order valence-corrected chi connectivity index (χ3v) is 3.71. The van der Waals surface area contributed by atoms with Crippen LogP contribution in [0.4, 0.5) is 5.69 Å². The molecule has 0 aromatic heterocycles. The molecule has 0 fully saturated rings. The zero-order chi connectivity index (χ0) is 13.4. The summed E-state index contributed by atoms with van der Waals surface area (Å²) in [5, 5.41) is 6.02. The average molecular weight is 258 g/mol. The van der Waals surface area contributed by atoms with Crippen LogP contribution in [0.3, 0.4) is 0 Å². The van der Waals surface area contributed by atoms with Crippen molar-refractivity contribution < 1.29 is 0 Å². The summed E-state index contributed by atoms with van der Waals surface area (Å²) in [6, 6.07) is 23.1. The molecule has 0 saturated heterocycles. The van der Waals surface area contributed by atoms with Crippen molar-refractivity contribution >= 4 is 22.3 Å². The lowest BCUT2D eigenvalue weighted by molar-refractivity contribution is 1.05. The van der Waals surface area contributed by atoms with Crippen LogP contribution in [0.1, 0.15) is 11.1 Å². The highest BCUT2D eigenvalue weighted by molar-refractivity contribution is 6.13. The molecule has 1 N–H and O–H groups in total. The second kappa shape index (κ2) is 4.49. The highest BCUT2D eigenvalue weighted by Gasteiger charge is 2.15. The molecular formula is C18H14N2. The molecule has 2 nitrogen and oxygen atoms in total. The molecule has 0 atom stereocenters. The molecule has 0 unspecified atom stereocenters. The Bertz CT molecular complexity index is 804. The van der Waals surface area contributed by atoms with E-state index in [0.29, 0.717) is 0 Å². The van der Waals surface area contributed by atoms with Crippen molar-refractivity contribution in [2.45, 2.75) is 6.54 Å². The Kier molecular flexibility index (Phi) is 2.52. The Hall–Kier alpha value is -2.61. The van der Waals surface area contributed by atoms with Gasteiger partial charge >= 0.3 is 0 Å². The summed E-state index contributed by atoms with van der Waals surface area (Å²) >= 11 is 0. The predicted octanol–water partition coefficient (Wildman–Crippen LogP) is 4.21. The van der Waals surface area contributed by atoms with Crippen molar-refractivity contribution in [2.24, 2.45) is 4.99 Å². The number of amidine groups is 1. The molecule has 0 spiro atoms. The first-order valence-electron chi connectivity index (χ1n) is 6.79. The average Bonchev–Trinajstić information content (AvgIpc) is 2.55. The van der Waals surface area contributed by atoms with Gasteiger partial charge in [0, 0.05) is 10.9 Å². The first-order valence-corrected chi connectivity index (χ1v) is 6.79. The zero-order valence-corrected chi connectivity index (χ0v) is 11.0. The molecule has 1 heterocycles. The molecule has 1 aliphatic rings. The summed E-state index contributed by atoms with van der Waals surface area (Å²) in [5.41, 5.74) is 3.58. The standard InChI is InChI=1S/C18H14N2/c1-2-7-14(8-3-1)18-19-12-15-11-10-13-6-4-5-9-16(13)17(15)20-18/h1-11H,12H2,(H,19,20). The van der Waals surface area contributed by atoms with Crippen molar-refractivity contribution in [2.75, 3.05) is 5.32 Å². The Balaban J connectivity index is 1.84. The molecule has 3 aromatic rings. The van der Waals surface area contributed by atoms with Gasteiger partial charge in [-0.05, 0) is 10.9 Å². The van der Waals surface area contributed by atoms with E-state index < -0.39 is 0 Å². The lowest BCUT2D eigenvalue weighted by Gasteiger charge is -2.20. The van der Waals surface area contributed by atoms with Gasteiger partial charge in [-0.2, -0.15) is 0 Å². The maximum atomic E-state index is 4.65. The van der Waals surface area contributed by atoms with Gasteiger partial charge in [0.1, 0.15) is 5.84 Å². The SMILES string of the molecule is c1ccc(C2=NCc3ccc4ccccc4c3N2)cc1. The Labute approximate surface area is 117 Å². The molecule has 96 valence electrons. The largest absolute Gasteiger partial charge is 0.339 e. The van der Waals surface area contributed by atoms with Crippen molar-refractivity contribution in [1.29, 1.82) is 0 Å². The zero-order valence-electron chi connectivity index (χ0n) is 11.0. The van der Waals surface area contributed by atoms with Crippen LogP contribution in [0.15, 0.2) is 71.7 Å². The fourth-order valence-corrected chi connectivity index (χ4v) is 2.68. The molecule has 3 aromatic carbocycles. The van der Waals surface area contributed by atoms with Gasteiger partial charge in [0.25, 0.3) is 0 Å². The minimum absolute atomic E-state index is 0.734. The quantitative estimate of drug-likeness (QED) is 0.694. The molecule has 0 saturated carbocycles. The monoisotopic (exact) mass is 258 g/mol. The van der Waals surface area contributed by atoms with Gasteiger partial charge in [0.2, 0.25) is 0 Å². The number of nitrogens with one attached hydrogen (secondary N) is 1. The number of nitrogens with zero attached hydrogens (tertiary/aromatic N) is 1. The highest BCUT2D eigenvalue weighted by Crippen LogP contribution is 2.31. The predicted molar refractivity (Wildman–Crippen MR) is 84.3 cm³/mol. The molecule has 0 radical (unpaired) electrons. The van der Waals surface area contributed by atoms with E-state index in [2.05, 4.69) is 58.8 Å². The van der Waals surface area contributed by atoms with E-state index in [0.717, 1.165) is 17.9 Å². The number of aliphatic imine (C=N–C) groups is 1. The fourth-order valence-electron chi connectivity index (χ4n) is 2.68. The summed E-state index contributed by atoms with van der Waals surface area (Å²) in [6.07, 6.45) is 0. The summed E-state index contributed by atoms with van der Waals surface area (Å²) in [4.78, 5) is 4.65. The molecule has 20 heavy (non-hydrogen) atoms. The Morgan fingerprint density at radius 1 is 0.800 bits per heavy atom. The molecule has 0 amide bonds. The summed E-state index contributed by atoms with van der Waals surface area (Å²) in [5.74, 6) is 0.953. The van der Waals surface area contributed by atoms with E-state index in [1.54, 1.807) is 0 Å². The van der Waals surface area contributed by atoms with E-state index in [4.69, 9.17) is 0 Å². The maximum Gasteiger partial charge on any atom is 0.133 e. The van der Waals surface area contributed by atoms with Gasteiger partial charge in [-0.15, -0.1) is 0 Å². The van der Waals surface area contributed by atoms with E-state index >= 15 is 0 Å². The summed E-state index contributed by atoms with van der Waals surface area (Å²) in [7, 11) is 0. The van der Waals surface area contributed by atoms with Gasteiger partial charge in [-0.3, -0.25) is 4.99 Å². The van der Waals surface area contributed by atoms with Gasteiger partial charge < -0.3 is 5.32 Å².